The lowest BCUT2D eigenvalue weighted by atomic mass is 10.3. The SMILES string of the molecule is Cc1nc(Cl)cc(Oc2ccc(F)cc2F)n1. The van der Waals surface area contributed by atoms with Crippen molar-refractivity contribution in [1.29, 1.82) is 0 Å². The van der Waals surface area contributed by atoms with Gasteiger partial charge in [0.05, 0.1) is 0 Å². The standard InChI is InChI=1S/C11H7ClF2N2O/c1-6-15-10(12)5-11(16-6)17-9-3-2-7(13)4-8(9)14/h2-5H,1H3. The van der Waals surface area contributed by atoms with Crippen molar-refractivity contribution in [1.82, 2.24) is 9.97 Å². The third kappa shape index (κ3) is 2.88. The fraction of sp³-hybridized carbons (Fsp3) is 0.0909. The second-order valence-corrected chi connectivity index (χ2v) is 3.64. The fourth-order valence-electron chi connectivity index (χ4n) is 1.23. The quantitative estimate of drug-likeness (QED) is 0.771. The molecule has 1 aromatic carbocycles. The Morgan fingerprint density at radius 3 is 2.59 bits per heavy atom. The summed E-state index contributed by atoms with van der Waals surface area (Å²) in [6, 6.07) is 4.34. The summed E-state index contributed by atoms with van der Waals surface area (Å²) >= 11 is 5.70. The molecule has 2 aromatic rings. The zero-order chi connectivity index (χ0) is 12.4. The largest absolute Gasteiger partial charge is 0.436 e. The molecule has 0 aliphatic carbocycles. The van der Waals surface area contributed by atoms with Crippen LogP contribution in [-0.2, 0) is 0 Å². The second kappa shape index (κ2) is 4.63. The Labute approximate surface area is 101 Å². The van der Waals surface area contributed by atoms with E-state index in [0.29, 0.717) is 5.82 Å². The highest BCUT2D eigenvalue weighted by Gasteiger charge is 2.08. The van der Waals surface area contributed by atoms with Crippen molar-refractivity contribution < 1.29 is 13.5 Å². The van der Waals surface area contributed by atoms with Gasteiger partial charge in [0, 0.05) is 12.1 Å². The van der Waals surface area contributed by atoms with Crippen LogP contribution >= 0.6 is 11.6 Å². The first kappa shape index (κ1) is 11.7. The van der Waals surface area contributed by atoms with Crippen molar-refractivity contribution in [2.45, 2.75) is 6.92 Å². The Morgan fingerprint density at radius 1 is 1.18 bits per heavy atom. The summed E-state index contributed by atoms with van der Waals surface area (Å²) in [6.07, 6.45) is 0. The molecule has 0 saturated heterocycles. The molecule has 0 spiro atoms. The molecule has 0 amide bonds. The number of rotatable bonds is 2. The van der Waals surface area contributed by atoms with E-state index in [4.69, 9.17) is 16.3 Å². The van der Waals surface area contributed by atoms with Gasteiger partial charge in [0.2, 0.25) is 5.88 Å². The van der Waals surface area contributed by atoms with Crippen LogP contribution in [0.3, 0.4) is 0 Å². The van der Waals surface area contributed by atoms with Crippen molar-refractivity contribution >= 4 is 11.6 Å². The molecule has 1 aromatic heterocycles. The average molecular weight is 257 g/mol. The fourth-order valence-corrected chi connectivity index (χ4v) is 1.44. The number of nitrogens with zero attached hydrogens (tertiary/aromatic N) is 2. The molecule has 6 heteroatoms. The number of hydrogen-bond acceptors (Lipinski definition) is 3. The maximum Gasteiger partial charge on any atom is 0.224 e. The Kier molecular flexibility index (Phi) is 3.19. The second-order valence-electron chi connectivity index (χ2n) is 3.25. The number of ether oxygens (including phenoxy) is 1. The van der Waals surface area contributed by atoms with Gasteiger partial charge >= 0.3 is 0 Å². The molecule has 2 rings (SSSR count). The molecule has 0 atom stereocenters. The lowest BCUT2D eigenvalue weighted by Crippen LogP contribution is -1.95. The van der Waals surface area contributed by atoms with Gasteiger partial charge in [-0.15, -0.1) is 0 Å². The molecule has 0 aliphatic heterocycles. The van der Waals surface area contributed by atoms with Crippen LogP contribution in [0.25, 0.3) is 0 Å². The zero-order valence-corrected chi connectivity index (χ0v) is 9.50. The van der Waals surface area contributed by atoms with Crippen molar-refractivity contribution in [3.8, 4) is 11.6 Å². The molecule has 0 unspecified atom stereocenters. The third-order valence-electron chi connectivity index (χ3n) is 1.89. The highest BCUT2D eigenvalue weighted by Crippen LogP contribution is 2.24. The van der Waals surface area contributed by atoms with Gasteiger partial charge in [0.1, 0.15) is 16.8 Å². The van der Waals surface area contributed by atoms with Gasteiger partial charge in [0.15, 0.2) is 11.6 Å². The summed E-state index contributed by atoms with van der Waals surface area (Å²) < 4.78 is 31.1. The summed E-state index contributed by atoms with van der Waals surface area (Å²) in [5, 5.41) is 0.190. The number of aromatic nitrogens is 2. The van der Waals surface area contributed by atoms with E-state index >= 15 is 0 Å². The molecule has 0 N–H and O–H groups in total. The van der Waals surface area contributed by atoms with Crippen LogP contribution in [0.5, 0.6) is 11.6 Å². The Balaban J connectivity index is 2.31. The van der Waals surface area contributed by atoms with Crippen molar-refractivity contribution in [2.75, 3.05) is 0 Å². The molecule has 1 heterocycles. The van der Waals surface area contributed by atoms with Gasteiger partial charge in [-0.3, -0.25) is 0 Å². The Hall–Kier alpha value is -1.75. The Bertz CT molecular complexity index is 543. The van der Waals surface area contributed by atoms with Gasteiger partial charge in [-0.2, -0.15) is 4.98 Å². The summed E-state index contributed by atoms with van der Waals surface area (Å²) in [5.74, 6) is -1.10. The van der Waals surface area contributed by atoms with E-state index in [1.165, 1.54) is 12.1 Å². The van der Waals surface area contributed by atoms with Gasteiger partial charge in [-0.1, -0.05) is 11.6 Å². The first-order chi connectivity index (χ1) is 8.04. The van der Waals surface area contributed by atoms with Crippen LogP contribution in [-0.4, -0.2) is 9.97 Å². The van der Waals surface area contributed by atoms with Crippen LogP contribution in [0, 0.1) is 18.6 Å². The van der Waals surface area contributed by atoms with Crippen LogP contribution in [0.15, 0.2) is 24.3 Å². The monoisotopic (exact) mass is 256 g/mol. The molecule has 0 radical (unpaired) electrons. The minimum atomic E-state index is -0.808. The summed E-state index contributed by atoms with van der Waals surface area (Å²) in [4.78, 5) is 7.75. The lowest BCUT2D eigenvalue weighted by molar-refractivity contribution is 0.421. The van der Waals surface area contributed by atoms with E-state index < -0.39 is 11.6 Å². The number of halogens is 3. The van der Waals surface area contributed by atoms with Crippen LogP contribution in [0.4, 0.5) is 8.78 Å². The van der Waals surface area contributed by atoms with E-state index in [2.05, 4.69) is 9.97 Å². The summed E-state index contributed by atoms with van der Waals surface area (Å²) in [7, 11) is 0. The minimum absolute atomic E-state index is 0.105. The lowest BCUT2D eigenvalue weighted by Gasteiger charge is -2.06. The first-order valence-electron chi connectivity index (χ1n) is 4.69. The predicted octanol–water partition coefficient (Wildman–Crippen LogP) is 3.51. The average Bonchev–Trinajstić information content (AvgIpc) is 2.21. The predicted molar refractivity (Wildman–Crippen MR) is 58.2 cm³/mol. The van der Waals surface area contributed by atoms with Crippen molar-refractivity contribution in [3.05, 3.63) is 46.9 Å². The van der Waals surface area contributed by atoms with E-state index in [1.54, 1.807) is 6.92 Å². The molecule has 3 nitrogen and oxygen atoms in total. The number of hydrogen-bond donors (Lipinski definition) is 0. The maximum absolute atomic E-state index is 13.3. The number of aryl methyl sites for hydroxylation is 1. The van der Waals surface area contributed by atoms with Gasteiger partial charge in [-0.25, -0.2) is 13.8 Å². The van der Waals surface area contributed by atoms with E-state index in [0.717, 1.165) is 12.1 Å². The van der Waals surface area contributed by atoms with E-state index in [1.807, 2.05) is 0 Å². The van der Waals surface area contributed by atoms with Crippen LogP contribution in [0.2, 0.25) is 5.15 Å². The molecule has 88 valence electrons. The van der Waals surface area contributed by atoms with Gasteiger partial charge < -0.3 is 4.74 Å². The highest BCUT2D eigenvalue weighted by molar-refractivity contribution is 6.29. The topological polar surface area (TPSA) is 35.0 Å². The van der Waals surface area contributed by atoms with Crippen LogP contribution < -0.4 is 4.74 Å². The molecule has 0 aliphatic rings. The van der Waals surface area contributed by atoms with E-state index in [-0.39, 0.29) is 16.8 Å². The normalized spacial score (nSPS) is 10.4. The van der Waals surface area contributed by atoms with Crippen molar-refractivity contribution in [3.63, 3.8) is 0 Å². The van der Waals surface area contributed by atoms with Crippen molar-refractivity contribution in [2.24, 2.45) is 0 Å². The summed E-state index contributed by atoms with van der Waals surface area (Å²) in [6.45, 7) is 1.62. The first-order valence-corrected chi connectivity index (χ1v) is 5.06. The number of benzene rings is 1. The highest BCUT2D eigenvalue weighted by atomic mass is 35.5. The summed E-state index contributed by atoms with van der Waals surface area (Å²) in [5.41, 5.74) is 0. The van der Waals surface area contributed by atoms with E-state index in [9.17, 15) is 8.78 Å². The molecule has 0 bridgehead atoms. The maximum atomic E-state index is 13.3. The van der Waals surface area contributed by atoms with Gasteiger partial charge in [-0.05, 0) is 19.1 Å². The smallest absolute Gasteiger partial charge is 0.224 e. The minimum Gasteiger partial charge on any atom is -0.436 e. The zero-order valence-electron chi connectivity index (χ0n) is 8.75. The molecule has 0 fully saturated rings. The molecular formula is C11H7ClF2N2O. The van der Waals surface area contributed by atoms with Crippen LogP contribution in [0.1, 0.15) is 5.82 Å². The molecular weight excluding hydrogens is 250 g/mol. The third-order valence-corrected chi connectivity index (χ3v) is 2.09. The van der Waals surface area contributed by atoms with Gasteiger partial charge in [0.25, 0.3) is 0 Å². The Morgan fingerprint density at radius 2 is 1.94 bits per heavy atom. The molecule has 0 saturated carbocycles. The molecule has 17 heavy (non-hydrogen) atoms.